The Morgan fingerprint density at radius 2 is 0.867 bits per heavy atom. The molecule has 45 heavy (non-hydrogen) atoms. The van der Waals surface area contributed by atoms with Gasteiger partial charge in [-0.15, -0.1) is 22.7 Å². The number of anilines is 3. The van der Waals surface area contributed by atoms with Crippen LogP contribution in [0.3, 0.4) is 0 Å². The highest BCUT2D eigenvalue weighted by molar-refractivity contribution is 7.30. The van der Waals surface area contributed by atoms with Crippen LogP contribution >= 0.6 is 22.7 Å². The molecule has 0 aliphatic heterocycles. The van der Waals surface area contributed by atoms with E-state index in [1.165, 1.54) is 68.3 Å². The highest BCUT2D eigenvalue weighted by Crippen LogP contribution is 2.49. The first-order valence-electron chi connectivity index (χ1n) is 15.2. The van der Waals surface area contributed by atoms with Crippen molar-refractivity contribution in [2.45, 2.75) is 0 Å². The molecule has 0 saturated carbocycles. The van der Waals surface area contributed by atoms with E-state index >= 15 is 0 Å². The first kappa shape index (κ1) is 26.2. The van der Waals surface area contributed by atoms with Crippen LogP contribution in [0.15, 0.2) is 164 Å². The molecular formula is C42H27NS2. The fourth-order valence-corrected chi connectivity index (χ4v) is 9.06. The summed E-state index contributed by atoms with van der Waals surface area (Å²) in [5.74, 6) is 0. The lowest BCUT2D eigenvalue weighted by molar-refractivity contribution is 1.30. The fourth-order valence-electron chi connectivity index (χ4n) is 6.52. The van der Waals surface area contributed by atoms with E-state index in [9.17, 15) is 0 Å². The van der Waals surface area contributed by atoms with Crippen LogP contribution in [0.5, 0.6) is 0 Å². The van der Waals surface area contributed by atoms with Crippen molar-refractivity contribution in [1.29, 1.82) is 0 Å². The standard InChI is InChI=1S/C42H27NS2/c1-3-10-28(11-4-1)30-18-22-32(23-19-30)43(33-24-20-31(21-25-33)29-12-5-2-6-13-29)37-16-9-15-34-35-26-27-39-40(42(35)45-41(34)37)36-14-7-8-17-38(36)44-39/h1-27H. The Hall–Kier alpha value is -5.22. The van der Waals surface area contributed by atoms with Crippen LogP contribution in [-0.2, 0) is 0 Å². The second-order valence-electron chi connectivity index (χ2n) is 11.3. The van der Waals surface area contributed by atoms with E-state index in [0.29, 0.717) is 0 Å². The van der Waals surface area contributed by atoms with Gasteiger partial charge >= 0.3 is 0 Å². The fraction of sp³-hybridized carbons (Fsp3) is 0. The van der Waals surface area contributed by atoms with Crippen molar-refractivity contribution < 1.29 is 0 Å². The number of nitrogens with zero attached hydrogens (tertiary/aromatic N) is 1. The summed E-state index contributed by atoms with van der Waals surface area (Å²) in [6.45, 7) is 0. The lowest BCUT2D eigenvalue weighted by Crippen LogP contribution is -2.10. The Bertz CT molecular complexity index is 2370. The maximum absolute atomic E-state index is 2.42. The summed E-state index contributed by atoms with van der Waals surface area (Å²) < 4.78 is 5.36. The van der Waals surface area contributed by atoms with Crippen LogP contribution in [0, 0.1) is 0 Å². The third kappa shape index (κ3) is 4.43. The second kappa shape index (κ2) is 10.7. The Labute approximate surface area is 269 Å². The summed E-state index contributed by atoms with van der Waals surface area (Å²) in [5, 5.41) is 5.36. The van der Waals surface area contributed by atoms with Crippen molar-refractivity contribution in [2.24, 2.45) is 0 Å². The van der Waals surface area contributed by atoms with Crippen molar-refractivity contribution in [3.8, 4) is 22.3 Å². The number of hydrogen-bond acceptors (Lipinski definition) is 3. The van der Waals surface area contributed by atoms with Gasteiger partial charge in [0.05, 0.1) is 10.4 Å². The zero-order valence-electron chi connectivity index (χ0n) is 24.4. The van der Waals surface area contributed by atoms with E-state index in [4.69, 9.17) is 0 Å². The average molecular weight is 610 g/mol. The lowest BCUT2D eigenvalue weighted by Gasteiger charge is -2.26. The smallest absolute Gasteiger partial charge is 0.0640 e. The quantitative estimate of drug-likeness (QED) is 0.188. The van der Waals surface area contributed by atoms with E-state index in [0.717, 1.165) is 11.4 Å². The molecule has 0 N–H and O–H groups in total. The van der Waals surface area contributed by atoms with Crippen LogP contribution in [-0.4, -0.2) is 0 Å². The van der Waals surface area contributed by atoms with Crippen molar-refractivity contribution in [3.63, 3.8) is 0 Å². The zero-order valence-corrected chi connectivity index (χ0v) is 26.0. The van der Waals surface area contributed by atoms with Gasteiger partial charge in [-0.3, -0.25) is 0 Å². The van der Waals surface area contributed by atoms with Crippen molar-refractivity contribution in [2.75, 3.05) is 4.90 Å². The molecule has 3 heteroatoms. The topological polar surface area (TPSA) is 3.24 Å². The minimum Gasteiger partial charge on any atom is -0.309 e. The zero-order chi connectivity index (χ0) is 29.7. The largest absolute Gasteiger partial charge is 0.309 e. The third-order valence-corrected chi connectivity index (χ3v) is 11.1. The molecule has 1 nitrogen and oxygen atoms in total. The van der Waals surface area contributed by atoms with Gasteiger partial charge in [-0.1, -0.05) is 121 Å². The summed E-state index contributed by atoms with van der Waals surface area (Å²) in [7, 11) is 0. The molecule has 0 radical (unpaired) electrons. The predicted molar refractivity (Wildman–Crippen MR) is 198 cm³/mol. The highest BCUT2D eigenvalue weighted by Gasteiger charge is 2.20. The molecule has 0 atom stereocenters. The molecule has 9 aromatic rings. The minimum absolute atomic E-state index is 1.14. The third-order valence-electron chi connectivity index (χ3n) is 8.69. The summed E-state index contributed by atoms with van der Waals surface area (Å²) in [6, 6.07) is 59.4. The predicted octanol–water partition coefficient (Wildman–Crippen LogP) is 13.2. The molecule has 0 saturated heterocycles. The Balaban J connectivity index is 1.25. The molecule has 7 aromatic carbocycles. The van der Waals surface area contributed by atoms with E-state index in [1.807, 2.05) is 22.7 Å². The molecule has 0 fully saturated rings. The van der Waals surface area contributed by atoms with E-state index in [-0.39, 0.29) is 0 Å². The molecule has 0 spiro atoms. The molecule has 0 bridgehead atoms. The Morgan fingerprint density at radius 3 is 1.51 bits per heavy atom. The highest BCUT2D eigenvalue weighted by atomic mass is 32.1. The Morgan fingerprint density at radius 1 is 0.333 bits per heavy atom. The van der Waals surface area contributed by atoms with Gasteiger partial charge in [-0.25, -0.2) is 0 Å². The van der Waals surface area contributed by atoms with Gasteiger partial charge < -0.3 is 4.90 Å². The molecular weight excluding hydrogens is 583 g/mol. The van der Waals surface area contributed by atoms with Crippen LogP contribution in [0.2, 0.25) is 0 Å². The van der Waals surface area contributed by atoms with Gasteiger partial charge in [0, 0.05) is 47.0 Å². The van der Waals surface area contributed by atoms with Gasteiger partial charge in [0.25, 0.3) is 0 Å². The maximum atomic E-state index is 2.42. The normalized spacial score (nSPS) is 11.6. The van der Waals surface area contributed by atoms with E-state index in [2.05, 4.69) is 169 Å². The van der Waals surface area contributed by atoms with Gasteiger partial charge in [0.1, 0.15) is 0 Å². The number of hydrogen-bond donors (Lipinski definition) is 0. The van der Waals surface area contributed by atoms with Crippen LogP contribution in [0.1, 0.15) is 0 Å². The van der Waals surface area contributed by atoms with Crippen molar-refractivity contribution in [1.82, 2.24) is 0 Å². The van der Waals surface area contributed by atoms with Crippen LogP contribution < -0.4 is 4.90 Å². The van der Waals surface area contributed by atoms with Crippen LogP contribution in [0.25, 0.3) is 62.6 Å². The SMILES string of the molecule is c1ccc(-c2ccc(N(c3ccc(-c4ccccc4)cc3)c3cccc4c3sc3c4ccc4sc5ccccc5c43)cc2)cc1. The molecule has 0 aliphatic carbocycles. The first-order chi connectivity index (χ1) is 22.3. The molecule has 2 heterocycles. The average Bonchev–Trinajstić information content (AvgIpc) is 3.69. The lowest BCUT2D eigenvalue weighted by atomic mass is 10.0. The molecule has 0 aliphatic rings. The molecule has 0 unspecified atom stereocenters. The van der Waals surface area contributed by atoms with Gasteiger partial charge in [0.15, 0.2) is 0 Å². The van der Waals surface area contributed by atoms with E-state index in [1.54, 1.807) is 0 Å². The number of thiophene rings is 2. The molecule has 212 valence electrons. The van der Waals surface area contributed by atoms with Gasteiger partial charge in [-0.2, -0.15) is 0 Å². The number of benzene rings is 7. The Kier molecular flexibility index (Phi) is 6.26. The second-order valence-corrected chi connectivity index (χ2v) is 13.4. The van der Waals surface area contributed by atoms with Crippen LogP contribution in [0.4, 0.5) is 17.1 Å². The molecule has 9 rings (SSSR count). The maximum Gasteiger partial charge on any atom is 0.0640 e. The monoisotopic (exact) mass is 609 g/mol. The number of fused-ring (bicyclic) bond motifs is 7. The summed E-state index contributed by atoms with van der Waals surface area (Å²) >= 11 is 3.81. The molecule has 0 amide bonds. The summed E-state index contributed by atoms with van der Waals surface area (Å²) in [4.78, 5) is 2.42. The van der Waals surface area contributed by atoms with Crippen molar-refractivity contribution in [3.05, 3.63) is 164 Å². The summed E-state index contributed by atoms with van der Waals surface area (Å²) in [6.07, 6.45) is 0. The first-order valence-corrected chi connectivity index (χ1v) is 16.8. The molecule has 2 aromatic heterocycles. The van der Waals surface area contributed by atoms with Gasteiger partial charge in [-0.05, 0) is 64.7 Å². The van der Waals surface area contributed by atoms with Crippen molar-refractivity contribution >= 4 is 80.1 Å². The minimum atomic E-state index is 1.14. The number of rotatable bonds is 5. The summed E-state index contributed by atoms with van der Waals surface area (Å²) in [5.41, 5.74) is 8.34. The van der Waals surface area contributed by atoms with E-state index < -0.39 is 0 Å². The van der Waals surface area contributed by atoms with Gasteiger partial charge in [0.2, 0.25) is 0 Å².